The lowest BCUT2D eigenvalue weighted by Gasteiger charge is -2.37. The zero-order valence-corrected chi connectivity index (χ0v) is 23.6. The molecule has 0 saturated heterocycles. The van der Waals surface area contributed by atoms with E-state index in [0.717, 1.165) is 51.2 Å². The van der Waals surface area contributed by atoms with Crippen molar-refractivity contribution < 1.29 is 9.53 Å². The van der Waals surface area contributed by atoms with Gasteiger partial charge >= 0.3 is 0 Å². The standard InChI is InChI=1S/C39H30N2O2/c42-37(30-21-23-38-31(26-30)24-25-43-38)22-20-29-12-10-11-19-35(29)36-27-41(28-40-36)39(32-13-4-1-5-14-32,33-15-6-2-7-16-33)34-17-8-3-9-18-34/h1-23,26-28H,24-25H2. The summed E-state index contributed by atoms with van der Waals surface area (Å²) in [4.78, 5) is 18.1. The molecular formula is C39H30N2O2. The quantitative estimate of drug-likeness (QED) is 0.107. The molecule has 0 bridgehead atoms. The lowest BCUT2D eigenvalue weighted by molar-refractivity contribution is 0.104. The summed E-state index contributed by atoms with van der Waals surface area (Å²) in [6.07, 6.45) is 8.40. The van der Waals surface area contributed by atoms with Gasteiger partial charge in [0.05, 0.1) is 18.6 Å². The molecule has 0 atom stereocenters. The van der Waals surface area contributed by atoms with E-state index in [9.17, 15) is 4.79 Å². The monoisotopic (exact) mass is 558 g/mol. The van der Waals surface area contributed by atoms with Crippen molar-refractivity contribution in [3.05, 3.63) is 185 Å². The van der Waals surface area contributed by atoms with Crippen LogP contribution in [0.15, 0.2) is 152 Å². The molecule has 1 aliphatic heterocycles. The van der Waals surface area contributed by atoms with Crippen LogP contribution in [0, 0.1) is 0 Å². The highest BCUT2D eigenvalue weighted by atomic mass is 16.5. The highest BCUT2D eigenvalue weighted by Gasteiger charge is 2.38. The molecule has 0 radical (unpaired) electrons. The van der Waals surface area contributed by atoms with Gasteiger partial charge in [0, 0.05) is 23.7 Å². The second-order valence-corrected chi connectivity index (χ2v) is 10.7. The molecule has 1 aliphatic rings. The Bertz CT molecular complexity index is 1810. The summed E-state index contributed by atoms with van der Waals surface area (Å²) in [5, 5.41) is 0. The summed E-state index contributed by atoms with van der Waals surface area (Å²) < 4.78 is 7.81. The van der Waals surface area contributed by atoms with E-state index in [2.05, 4.69) is 89.6 Å². The molecule has 5 aromatic carbocycles. The third-order valence-corrected chi connectivity index (χ3v) is 8.17. The van der Waals surface area contributed by atoms with Crippen LogP contribution < -0.4 is 4.74 Å². The minimum atomic E-state index is -0.646. The second-order valence-electron chi connectivity index (χ2n) is 10.7. The van der Waals surface area contributed by atoms with Crippen LogP contribution in [0.3, 0.4) is 0 Å². The predicted octanol–water partition coefficient (Wildman–Crippen LogP) is 8.22. The van der Waals surface area contributed by atoms with Crippen molar-refractivity contribution in [2.75, 3.05) is 6.61 Å². The number of benzene rings is 5. The van der Waals surface area contributed by atoms with Crippen LogP contribution in [0.2, 0.25) is 0 Å². The first-order chi connectivity index (χ1) is 21.2. The van der Waals surface area contributed by atoms with Gasteiger partial charge in [0.15, 0.2) is 5.78 Å². The normalized spacial score (nSPS) is 12.7. The topological polar surface area (TPSA) is 44.1 Å². The fourth-order valence-electron chi connectivity index (χ4n) is 6.11. The van der Waals surface area contributed by atoms with Gasteiger partial charge in [0.2, 0.25) is 0 Å². The maximum absolute atomic E-state index is 13.1. The number of ether oxygens (including phenoxy) is 1. The van der Waals surface area contributed by atoms with E-state index >= 15 is 0 Å². The van der Waals surface area contributed by atoms with Gasteiger partial charge in [0.1, 0.15) is 11.3 Å². The molecule has 0 saturated carbocycles. The molecule has 4 heteroatoms. The summed E-state index contributed by atoms with van der Waals surface area (Å²) >= 11 is 0. The Labute approximate surface area is 251 Å². The number of nitrogens with zero attached hydrogens (tertiary/aromatic N) is 2. The van der Waals surface area contributed by atoms with E-state index in [-0.39, 0.29) is 5.78 Å². The zero-order valence-electron chi connectivity index (χ0n) is 23.6. The van der Waals surface area contributed by atoms with Gasteiger partial charge in [-0.05, 0) is 52.1 Å². The average molecular weight is 559 g/mol. The minimum absolute atomic E-state index is 0.0358. The molecule has 6 aromatic rings. The Morgan fingerprint density at radius 1 is 0.744 bits per heavy atom. The van der Waals surface area contributed by atoms with E-state index in [1.54, 1.807) is 6.08 Å². The molecule has 43 heavy (non-hydrogen) atoms. The molecule has 0 unspecified atom stereocenters. The van der Waals surface area contributed by atoms with Gasteiger partial charge in [-0.15, -0.1) is 0 Å². The predicted molar refractivity (Wildman–Crippen MR) is 171 cm³/mol. The first-order valence-electron chi connectivity index (χ1n) is 14.5. The lowest BCUT2D eigenvalue weighted by Crippen LogP contribution is -2.36. The number of allylic oxidation sites excluding steroid dienone is 1. The van der Waals surface area contributed by atoms with Gasteiger partial charge in [-0.1, -0.05) is 121 Å². The van der Waals surface area contributed by atoms with Crippen molar-refractivity contribution >= 4 is 11.9 Å². The molecule has 0 spiro atoms. The zero-order chi connectivity index (χ0) is 29.1. The van der Waals surface area contributed by atoms with Crippen molar-refractivity contribution in [3.8, 4) is 17.0 Å². The number of carbonyl (C=O) groups excluding carboxylic acids is 1. The first kappa shape index (κ1) is 26.4. The third-order valence-electron chi connectivity index (χ3n) is 8.17. The number of imidazole rings is 1. The summed E-state index contributed by atoms with van der Waals surface area (Å²) in [5.74, 6) is 0.838. The molecule has 7 rings (SSSR count). The highest BCUT2D eigenvalue weighted by Crippen LogP contribution is 2.41. The molecule has 208 valence electrons. The Hall–Kier alpha value is -5.48. The number of carbonyl (C=O) groups is 1. The van der Waals surface area contributed by atoms with Gasteiger partial charge in [0.25, 0.3) is 0 Å². The van der Waals surface area contributed by atoms with Crippen LogP contribution >= 0.6 is 0 Å². The van der Waals surface area contributed by atoms with Crippen molar-refractivity contribution in [1.29, 1.82) is 0 Å². The van der Waals surface area contributed by atoms with Crippen LogP contribution in [0.1, 0.15) is 38.2 Å². The average Bonchev–Trinajstić information content (AvgIpc) is 3.76. The number of ketones is 1. The lowest BCUT2D eigenvalue weighted by atomic mass is 9.77. The van der Waals surface area contributed by atoms with Crippen molar-refractivity contribution in [2.45, 2.75) is 12.0 Å². The van der Waals surface area contributed by atoms with Gasteiger partial charge in [-0.3, -0.25) is 4.79 Å². The largest absolute Gasteiger partial charge is 0.493 e. The summed E-state index contributed by atoms with van der Waals surface area (Å²) in [6, 6.07) is 45.4. The molecule has 0 fully saturated rings. The Morgan fingerprint density at radius 2 is 1.35 bits per heavy atom. The van der Waals surface area contributed by atoms with E-state index in [0.29, 0.717) is 12.2 Å². The SMILES string of the molecule is O=C(C=Cc1ccccc1-c1cn(C(c2ccccc2)(c2ccccc2)c2ccccc2)cn1)c1ccc2c(c1)CCO2. The summed E-state index contributed by atoms with van der Waals surface area (Å²) in [7, 11) is 0. The maximum Gasteiger partial charge on any atom is 0.185 e. The van der Waals surface area contributed by atoms with Gasteiger partial charge in [-0.2, -0.15) is 0 Å². The fourth-order valence-corrected chi connectivity index (χ4v) is 6.11. The molecule has 0 aliphatic carbocycles. The van der Waals surface area contributed by atoms with Crippen molar-refractivity contribution in [2.24, 2.45) is 0 Å². The van der Waals surface area contributed by atoms with Crippen LogP contribution in [-0.4, -0.2) is 21.9 Å². The second kappa shape index (κ2) is 11.4. The number of fused-ring (bicyclic) bond motifs is 1. The maximum atomic E-state index is 13.1. The van der Waals surface area contributed by atoms with E-state index in [1.807, 2.05) is 67.0 Å². The number of hydrogen-bond acceptors (Lipinski definition) is 3. The van der Waals surface area contributed by atoms with Crippen LogP contribution in [0.5, 0.6) is 5.75 Å². The highest BCUT2D eigenvalue weighted by molar-refractivity contribution is 6.07. The Morgan fingerprint density at radius 3 is 2.00 bits per heavy atom. The number of rotatable bonds is 8. The molecule has 0 N–H and O–H groups in total. The Kier molecular flexibility index (Phi) is 7.02. The van der Waals surface area contributed by atoms with Crippen molar-refractivity contribution in [3.63, 3.8) is 0 Å². The molecule has 4 nitrogen and oxygen atoms in total. The first-order valence-corrected chi connectivity index (χ1v) is 14.5. The van der Waals surface area contributed by atoms with Gasteiger partial charge < -0.3 is 9.30 Å². The van der Waals surface area contributed by atoms with Crippen molar-refractivity contribution in [1.82, 2.24) is 9.55 Å². The fraction of sp³-hybridized carbons (Fsp3) is 0.0769. The third kappa shape index (κ3) is 4.87. The van der Waals surface area contributed by atoms with E-state index in [4.69, 9.17) is 9.72 Å². The number of hydrogen-bond donors (Lipinski definition) is 0. The summed E-state index contributed by atoms with van der Waals surface area (Å²) in [5.41, 5.74) is 7.22. The molecule has 2 heterocycles. The van der Waals surface area contributed by atoms with Crippen LogP contribution in [0.4, 0.5) is 0 Å². The van der Waals surface area contributed by atoms with E-state index < -0.39 is 5.54 Å². The summed E-state index contributed by atoms with van der Waals surface area (Å²) in [6.45, 7) is 0.670. The molecular weight excluding hydrogens is 528 g/mol. The van der Waals surface area contributed by atoms with Crippen LogP contribution in [0.25, 0.3) is 17.3 Å². The smallest absolute Gasteiger partial charge is 0.185 e. The molecule has 1 aromatic heterocycles. The minimum Gasteiger partial charge on any atom is -0.493 e. The van der Waals surface area contributed by atoms with Crippen LogP contribution in [-0.2, 0) is 12.0 Å². The van der Waals surface area contributed by atoms with Gasteiger partial charge in [-0.25, -0.2) is 4.98 Å². The van der Waals surface area contributed by atoms with E-state index in [1.165, 1.54) is 0 Å². The number of aromatic nitrogens is 2. The molecule has 0 amide bonds. The Balaban J connectivity index is 1.31.